The van der Waals surface area contributed by atoms with Crippen molar-refractivity contribution in [3.8, 4) is 22.7 Å². The quantitative estimate of drug-likeness (QED) is 0.395. The fraction of sp³-hybridized carbons (Fsp3) is 0.0870. The number of nitrogens with zero attached hydrogens (tertiary/aromatic N) is 5. The topological polar surface area (TPSA) is 57.2 Å². The smallest absolute Gasteiger partial charge is 0.180 e. The van der Waals surface area contributed by atoms with Crippen LogP contribution in [0.15, 0.2) is 67.4 Å². The average molecular weight is 435 g/mol. The van der Waals surface area contributed by atoms with Crippen molar-refractivity contribution in [1.29, 1.82) is 0 Å². The Morgan fingerprint density at radius 2 is 1.81 bits per heavy atom. The van der Waals surface area contributed by atoms with Gasteiger partial charge in [0, 0.05) is 24.0 Å². The zero-order valence-corrected chi connectivity index (χ0v) is 16.8. The first-order valence-corrected chi connectivity index (χ1v) is 9.70. The highest BCUT2D eigenvalue weighted by atomic mass is 19.1. The van der Waals surface area contributed by atoms with Crippen molar-refractivity contribution in [1.82, 2.24) is 24.1 Å². The Bertz CT molecular complexity index is 1420. The van der Waals surface area contributed by atoms with Crippen molar-refractivity contribution in [2.75, 3.05) is 0 Å². The highest BCUT2D eigenvalue weighted by molar-refractivity contribution is 5.69. The van der Waals surface area contributed by atoms with E-state index < -0.39 is 17.5 Å². The summed E-state index contributed by atoms with van der Waals surface area (Å²) < 4.78 is 50.5. The molecule has 0 radical (unpaired) electrons. The normalized spacial score (nSPS) is 11.2. The molecule has 4 heterocycles. The van der Waals surface area contributed by atoms with E-state index in [0.29, 0.717) is 22.8 Å². The van der Waals surface area contributed by atoms with Gasteiger partial charge in [-0.1, -0.05) is 6.07 Å². The van der Waals surface area contributed by atoms with Gasteiger partial charge in [-0.25, -0.2) is 22.8 Å². The average Bonchev–Trinajstić information content (AvgIpc) is 3.37. The number of hydrogen-bond acceptors (Lipinski definition) is 4. The highest BCUT2D eigenvalue weighted by Gasteiger charge is 2.17. The summed E-state index contributed by atoms with van der Waals surface area (Å²) in [5, 5.41) is 4.30. The van der Waals surface area contributed by atoms with Crippen LogP contribution in [-0.4, -0.2) is 24.1 Å². The van der Waals surface area contributed by atoms with E-state index in [4.69, 9.17) is 4.74 Å². The third kappa shape index (κ3) is 3.47. The van der Waals surface area contributed by atoms with Crippen LogP contribution in [0, 0.1) is 24.4 Å². The molecule has 9 heteroatoms. The van der Waals surface area contributed by atoms with Gasteiger partial charge in [0.25, 0.3) is 0 Å². The Balaban J connectivity index is 1.51. The Morgan fingerprint density at radius 3 is 2.59 bits per heavy atom. The van der Waals surface area contributed by atoms with Gasteiger partial charge >= 0.3 is 0 Å². The zero-order valence-electron chi connectivity index (χ0n) is 16.8. The maximum absolute atomic E-state index is 13.9. The molecule has 0 fully saturated rings. The van der Waals surface area contributed by atoms with Gasteiger partial charge in [-0.05, 0) is 31.2 Å². The van der Waals surface area contributed by atoms with Crippen LogP contribution in [0.2, 0.25) is 0 Å². The molecule has 5 rings (SSSR count). The SMILES string of the molecule is Cc1nc2c(OCc3c(F)cccc3F)cccn2c1-c1cnn(-c2cncc(F)c2)c1. The number of hydrogen-bond donors (Lipinski definition) is 0. The first-order chi connectivity index (χ1) is 15.5. The number of ether oxygens (including phenoxy) is 1. The van der Waals surface area contributed by atoms with Gasteiger partial charge in [0.1, 0.15) is 24.1 Å². The summed E-state index contributed by atoms with van der Waals surface area (Å²) in [7, 11) is 0. The second-order valence-electron chi connectivity index (χ2n) is 7.14. The molecule has 6 nitrogen and oxygen atoms in total. The third-order valence-corrected chi connectivity index (χ3v) is 5.03. The van der Waals surface area contributed by atoms with Gasteiger partial charge in [0.05, 0.1) is 41.2 Å². The third-order valence-electron chi connectivity index (χ3n) is 5.03. The lowest BCUT2D eigenvalue weighted by molar-refractivity contribution is 0.294. The summed E-state index contributed by atoms with van der Waals surface area (Å²) in [5.74, 6) is -1.42. The molecule has 0 saturated heterocycles. The number of aromatic nitrogens is 5. The maximum Gasteiger partial charge on any atom is 0.180 e. The van der Waals surface area contributed by atoms with E-state index in [2.05, 4.69) is 15.1 Å². The fourth-order valence-corrected chi connectivity index (χ4v) is 3.55. The summed E-state index contributed by atoms with van der Waals surface area (Å²) in [5.41, 5.74) is 3.04. The van der Waals surface area contributed by atoms with E-state index in [0.717, 1.165) is 17.5 Å². The molecule has 0 spiro atoms. The van der Waals surface area contributed by atoms with Crippen molar-refractivity contribution in [2.24, 2.45) is 0 Å². The Morgan fingerprint density at radius 1 is 1.00 bits per heavy atom. The lowest BCUT2D eigenvalue weighted by Crippen LogP contribution is -2.03. The minimum absolute atomic E-state index is 0.150. The lowest BCUT2D eigenvalue weighted by Gasteiger charge is -2.09. The molecule has 160 valence electrons. The van der Waals surface area contributed by atoms with Crippen molar-refractivity contribution < 1.29 is 17.9 Å². The van der Waals surface area contributed by atoms with Crippen molar-refractivity contribution in [3.05, 3.63) is 96.1 Å². The van der Waals surface area contributed by atoms with Crippen LogP contribution >= 0.6 is 0 Å². The van der Waals surface area contributed by atoms with E-state index >= 15 is 0 Å². The van der Waals surface area contributed by atoms with Crippen LogP contribution in [0.3, 0.4) is 0 Å². The molecule has 1 aromatic carbocycles. The maximum atomic E-state index is 13.9. The van der Waals surface area contributed by atoms with E-state index in [-0.39, 0.29) is 12.2 Å². The monoisotopic (exact) mass is 435 g/mol. The minimum atomic E-state index is -0.670. The van der Waals surface area contributed by atoms with E-state index in [9.17, 15) is 13.2 Å². The van der Waals surface area contributed by atoms with Crippen LogP contribution in [0.5, 0.6) is 5.75 Å². The molecule has 0 N–H and O–H groups in total. The molecular formula is C23H16F3N5O. The number of halogens is 3. The van der Waals surface area contributed by atoms with E-state index in [1.807, 2.05) is 17.5 Å². The second kappa shape index (κ2) is 7.84. The van der Waals surface area contributed by atoms with Gasteiger partial charge in [-0.3, -0.25) is 9.38 Å². The summed E-state index contributed by atoms with van der Waals surface area (Å²) in [6.07, 6.45) is 7.83. The van der Waals surface area contributed by atoms with Crippen LogP contribution < -0.4 is 4.74 Å². The first kappa shape index (κ1) is 19.8. The molecular weight excluding hydrogens is 419 g/mol. The molecule has 0 bridgehead atoms. The molecule has 0 aliphatic heterocycles. The number of imidazole rings is 1. The van der Waals surface area contributed by atoms with Gasteiger partial charge in [0.15, 0.2) is 11.4 Å². The molecule has 4 aromatic heterocycles. The molecule has 0 atom stereocenters. The summed E-state index contributed by atoms with van der Waals surface area (Å²) in [6.45, 7) is 1.56. The van der Waals surface area contributed by atoms with Crippen LogP contribution in [-0.2, 0) is 6.61 Å². The first-order valence-electron chi connectivity index (χ1n) is 9.70. The molecule has 0 amide bonds. The summed E-state index contributed by atoms with van der Waals surface area (Å²) in [6, 6.07) is 8.45. The molecule has 0 aliphatic carbocycles. The predicted octanol–water partition coefficient (Wildman–Crippen LogP) is 4.89. The van der Waals surface area contributed by atoms with Gasteiger partial charge in [0.2, 0.25) is 0 Å². The number of benzene rings is 1. The standard InChI is InChI=1S/C23H16F3N5O/c1-14-22(15-9-28-31(12-15)17-8-16(24)10-27-11-17)30-7-3-6-21(23(30)29-14)32-13-18-19(25)4-2-5-20(18)26/h2-12H,13H2,1H3. The van der Waals surface area contributed by atoms with E-state index in [1.54, 1.807) is 24.5 Å². The van der Waals surface area contributed by atoms with Gasteiger partial charge < -0.3 is 4.74 Å². The minimum Gasteiger partial charge on any atom is -0.485 e. The summed E-state index contributed by atoms with van der Waals surface area (Å²) in [4.78, 5) is 8.43. The number of fused-ring (bicyclic) bond motifs is 1. The van der Waals surface area contributed by atoms with E-state index in [1.165, 1.54) is 35.1 Å². The van der Waals surface area contributed by atoms with Crippen LogP contribution in [0.25, 0.3) is 22.6 Å². The largest absolute Gasteiger partial charge is 0.485 e. The van der Waals surface area contributed by atoms with Crippen molar-refractivity contribution >= 4 is 5.65 Å². The predicted molar refractivity (Wildman–Crippen MR) is 111 cm³/mol. The molecule has 5 aromatic rings. The molecule has 0 saturated carbocycles. The Kier molecular flexibility index (Phi) is 4.85. The number of aryl methyl sites for hydroxylation is 1. The van der Waals surface area contributed by atoms with Gasteiger partial charge in [-0.15, -0.1) is 0 Å². The number of pyridine rings is 2. The second-order valence-corrected chi connectivity index (χ2v) is 7.14. The molecule has 32 heavy (non-hydrogen) atoms. The Hall–Kier alpha value is -4.14. The number of rotatable bonds is 5. The fourth-order valence-electron chi connectivity index (χ4n) is 3.55. The van der Waals surface area contributed by atoms with Crippen LogP contribution in [0.4, 0.5) is 13.2 Å². The van der Waals surface area contributed by atoms with Crippen LogP contribution in [0.1, 0.15) is 11.3 Å². The lowest BCUT2D eigenvalue weighted by atomic mass is 10.2. The Labute approximate surface area is 180 Å². The zero-order chi connectivity index (χ0) is 22.2. The van der Waals surface area contributed by atoms with Crippen molar-refractivity contribution in [2.45, 2.75) is 13.5 Å². The molecule has 0 aliphatic rings. The molecule has 0 unspecified atom stereocenters. The summed E-state index contributed by atoms with van der Waals surface area (Å²) >= 11 is 0. The van der Waals surface area contributed by atoms with Gasteiger partial charge in [-0.2, -0.15) is 5.10 Å². The van der Waals surface area contributed by atoms with Crippen molar-refractivity contribution in [3.63, 3.8) is 0 Å². The highest BCUT2D eigenvalue weighted by Crippen LogP contribution is 2.30.